The molecule has 0 aromatic heterocycles. The Morgan fingerprint density at radius 1 is 1.29 bits per heavy atom. The van der Waals surface area contributed by atoms with E-state index >= 15 is 0 Å². The molecule has 2 fully saturated rings. The lowest BCUT2D eigenvalue weighted by Gasteiger charge is -2.23. The quantitative estimate of drug-likeness (QED) is 0.636. The van der Waals surface area contributed by atoms with E-state index in [1.165, 1.54) is 32.1 Å². The van der Waals surface area contributed by atoms with Crippen LogP contribution in [-0.4, -0.2) is 12.1 Å². The summed E-state index contributed by atoms with van der Waals surface area (Å²) in [6, 6.07) is 1.36. The minimum absolute atomic E-state index is 0.561. The molecule has 2 aliphatic carbocycles. The van der Waals surface area contributed by atoms with Gasteiger partial charge in [0.1, 0.15) is 0 Å². The van der Waals surface area contributed by atoms with Gasteiger partial charge in [-0.2, -0.15) is 0 Å². The van der Waals surface area contributed by atoms with E-state index < -0.39 is 0 Å². The molecule has 1 heteroatoms. The molecular formula is C13H21N. The maximum absolute atomic E-state index is 5.37. The van der Waals surface area contributed by atoms with Crippen LogP contribution in [0.3, 0.4) is 0 Å². The van der Waals surface area contributed by atoms with Gasteiger partial charge in [0.2, 0.25) is 0 Å². The normalized spacial score (nSPS) is 23.5. The van der Waals surface area contributed by atoms with Crippen molar-refractivity contribution in [2.75, 3.05) is 0 Å². The summed E-state index contributed by atoms with van der Waals surface area (Å²) in [5.74, 6) is 4.74. The average Bonchev–Trinajstić information content (AvgIpc) is 3.05. The number of terminal acetylenes is 1. The molecule has 0 aliphatic heterocycles. The summed E-state index contributed by atoms with van der Waals surface area (Å²) in [5.41, 5.74) is 0. The van der Waals surface area contributed by atoms with Crippen molar-refractivity contribution in [3.05, 3.63) is 0 Å². The van der Waals surface area contributed by atoms with Crippen LogP contribution in [0, 0.1) is 24.2 Å². The van der Waals surface area contributed by atoms with E-state index in [1.54, 1.807) is 0 Å². The van der Waals surface area contributed by atoms with Gasteiger partial charge in [0.15, 0.2) is 0 Å². The van der Waals surface area contributed by atoms with Crippen molar-refractivity contribution in [3.63, 3.8) is 0 Å². The lowest BCUT2D eigenvalue weighted by Crippen LogP contribution is -2.40. The van der Waals surface area contributed by atoms with Crippen molar-refractivity contribution in [1.29, 1.82) is 0 Å². The second-order valence-corrected chi connectivity index (χ2v) is 4.88. The summed E-state index contributed by atoms with van der Waals surface area (Å²) in [7, 11) is 0. The maximum Gasteiger partial charge on any atom is 0.0240 e. The van der Waals surface area contributed by atoms with Crippen LogP contribution in [0.4, 0.5) is 0 Å². The zero-order chi connectivity index (χ0) is 9.97. The molecule has 2 rings (SSSR count). The molecule has 14 heavy (non-hydrogen) atoms. The molecule has 0 saturated heterocycles. The highest BCUT2D eigenvalue weighted by Gasteiger charge is 2.41. The summed E-state index contributed by atoms with van der Waals surface area (Å²) in [6.45, 7) is 2.23. The van der Waals surface area contributed by atoms with Gasteiger partial charge in [-0.3, -0.25) is 0 Å². The zero-order valence-corrected chi connectivity index (χ0v) is 9.13. The molecule has 0 heterocycles. The second kappa shape index (κ2) is 4.36. The smallest absolute Gasteiger partial charge is 0.0240 e. The van der Waals surface area contributed by atoms with E-state index in [1.807, 2.05) is 0 Å². The van der Waals surface area contributed by atoms with E-state index in [4.69, 9.17) is 6.42 Å². The fraction of sp³-hybridized carbons (Fsp3) is 0.846. The van der Waals surface area contributed by atoms with Gasteiger partial charge in [-0.15, -0.1) is 12.3 Å². The van der Waals surface area contributed by atoms with Crippen LogP contribution in [-0.2, 0) is 0 Å². The topological polar surface area (TPSA) is 12.0 Å². The van der Waals surface area contributed by atoms with E-state index in [0.29, 0.717) is 6.04 Å². The molecule has 0 amide bonds. The third-order valence-electron chi connectivity index (χ3n) is 3.54. The molecule has 0 spiro atoms. The van der Waals surface area contributed by atoms with Gasteiger partial charge in [0.25, 0.3) is 0 Å². The van der Waals surface area contributed by atoms with Crippen LogP contribution in [0.15, 0.2) is 0 Å². The predicted molar refractivity (Wildman–Crippen MR) is 59.9 cm³/mol. The van der Waals surface area contributed by atoms with Crippen molar-refractivity contribution >= 4 is 0 Å². The molecule has 78 valence electrons. The van der Waals surface area contributed by atoms with Crippen LogP contribution in [0.1, 0.15) is 45.4 Å². The number of rotatable bonds is 6. The molecule has 0 aromatic rings. The first kappa shape index (κ1) is 10.1. The van der Waals surface area contributed by atoms with Gasteiger partial charge >= 0.3 is 0 Å². The van der Waals surface area contributed by atoms with Crippen LogP contribution in [0.2, 0.25) is 0 Å². The van der Waals surface area contributed by atoms with Gasteiger partial charge in [0.05, 0.1) is 0 Å². The fourth-order valence-corrected chi connectivity index (χ4v) is 2.30. The number of hydrogen-bond donors (Lipinski definition) is 1. The van der Waals surface area contributed by atoms with Crippen LogP contribution in [0.5, 0.6) is 0 Å². The van der Waals surface area contributed by atoms with Crippen molar-refractivity contribution in [2.24, 2.45) is 11.8 Å². The SMILES string of the molecule is C#CCC(CC)NC(C1CC1)C1CC1. The minimum Gasteiger partial charge on any atom is -0.310 e. The van der Waals surface area contributed by atoms with Crippen molar-refractivity contribution in [1.82, 2.24) is 5.32 Å². The third kappa shape index (κ3) is 2.51. The monoisotopic (exact) mass is 191 g/mol. The summed E-state index contributed by atoms with van der Waals surface area (Å²) in [5, 5.41) is 3.79. The molecule has 0 aromatic carbocycles. The van der Waals surface area contributed by atoms with Crippen molar-refractivity contribution < 1.29 is 0 Å². The molecule has 2 saturated carbocycles. The Hall–Kier alpha value is -0.480. The molecule has 2 aliphatic rings. The Kier molecular flexibility index (Phi) is 3.13. The van der Waals surface area contributed by atoms with Gasteiger partial charge in [-0.25, -0.2) is 0 Å². The van der Waals surface area contributed by atoms with Gasteiger partial charge in [0, 0.05) is 18.5 Å². The molecule has 1 N–H and O–H groups in total. The highest BCUT2D eigenvalue weighted by Crippen LogP contribution is 2.44. The van der Waals surface area contributed by atoms with Crippen LogP contribution >= 0.6 is 0 Å². The van der Waals surface area contributed by atoms with Crippen molar-refractivity contribution in [2.45, 2.75) is 57.5 Å². The van der Waals surface area contributed by atoms with Crippen LogP contribution in [0.25, 0.3) is 0 Å². The standard InChI is InChI=1S/C13H21N/c1-3-5-12(4-2)14-13(10-6-7-10)11-8-9-11/h1,10-14H,4-9H2,2H3. The summed E-state index contributed by atoms with van der Waals surface area (Å²) in [6.07, 6.45) is 13.2. The number of nitrogens with one attached hydrogen (secondary N) is 1. The molecule has 0 radical (unpaired) electrons. The number of hydrogen-bond acceptors (Lipinski definition) is 1. The third-order valence-corrected chi connectivity index (χ3v) is 3.54. The molecule has 1 unspecified atom stereocenters. The first-order valence-corrected chi connectivity index (χ1v) is 6.04. The Labute approximate surface area is 87.7 Å². The Morgan fingerprint density at radius 3 is 2.21 bits per heavy atom. The molecular weight excluding hydrogens is 170 g/mol. The summed E-state index contributed by atoms with van der Waals surface area (Å²) in [4.78, 5) is 0. The molecule has 1 atom stereocenters. The maximum atomic E-state index is 5.37. The van der Waals surface area contributed by atoms with Crippen LogP contribution < -0.4 is 5.32 Å². The highest BCUT2D eigenvalue weighted by atomic mass is 15.0. The second-order valence-electron chi connectivity index (χ2n) is 4.88. The fourth-order valence-electron chi connectivity index (χ4n) is 2.30. The lowest BCUT2D eigenvalue weighted by molar-refractivity contribution is 0.357. The molecule has 1 nitrogen and oxygen atoms in total. The molecule has 0 bridgehead atoms. The van der Waals surface area contributed by atoms with Gasteiger partial charge < -0.3 is 5.32 Å². The minimum atomic E-state index is 0.561. The van der Waals surface area contributed by atoms with E-state index in [-0.39, 0.29) is 0 Å². The van der Waals surface area contributed by atoms with E-state index in [2.05, 4.69) is 18.2 Å². The summed E-state index contributed by atoms with van der Waals surface area (Å²) >= 11 is 0. The Bertz CT molecular complexity index is 208. The van der Waals surface area contributed by atoms with E-state index in [0.717, 1.165) is 24.3 Å². The van der Waals surface area contributed by atoms with Crippen molar-refractivity contribution in [3.8, 4) is 12.3 Å². The Morgan fingerprint density at radius 2 is 1.86 bits per heavy atom. The highest BCUT2D eigenvalue weighted by molar-refractivity contribution is 4.99. The zero-order valence-electron chi connectivity index (χ0n) is 9.13. The Balaban J connectivity index is 1.82. The van der Waals surface area contributed by atoms with Gasteiger partial charge in [-0.05, 0) is 43.9 Å². The predicted octanol–water partition coefficient (Wildman–Crippen LogP) is 2.57. The first-order valence-electron chi connectivity index (χ1n) is 6.04. The van der Waals surface area contributed by atoms with Gasteiger partial charge in [-0.1, -0.05) is 6.92 Å². The van der Waals surface area contributed by atoms with E-state index in [9.17, 15) is 0 Å². The largest absolute Gasteiger partial charge is 0.310 e. The first-order chi connectivity index (χ1) is 6.85. The average molecular weight is 191 g/mol. The lowest BCUT2D eigenvalue weighted by atomic mass is 10.0. The summed E-state index contributed by atoms with van der Waals surface area (Å²) < 4.78 is 0.